The van der Waals surface area contributed by atoms with Gasteiger partial charge in [0.05, 0.1) is 5.69 Å². The fourth-order valence-corrected chi connectivity index (χ4v) is 2.02. The van der Waals surface area contributed by atoms with Crippen LogP contribution < -0.4 is 11.2 Å². The molecule has 2 N–H and O–H groups in total. The first-order chi connectivity index (χ1) is 9.54. The summed E-state index contributed by atoms with van der Waals surface area (Å²) in [6.45, 7) is 0.0420. The Balaban J connectivity index is 2.55. The zero-order chi connectivity index (χ0) is 14.7. The molecule has 0 bridgehead atoms. The van der Waals surface area contributed by atoms with Gasteiger partial charge in [-0.2, -0.15) is 4.39 Å². The van der Waals surface area contributed by atoms with Crippen LogP contribution in [0.5, 0.6) is 0 Å². The molecule has 0 amide bonds. The first kappa shape index (κ1) is 14.5. The summed E-state index contributed by atoms with van der Waals surface area (Å²) in [6, 6.07) is 6.57. The monoisotopic (exact) mass is 298 g/mol. The van der Waals surface area contributed by atoms with Crippen LogP contribution in [0.15, 0.2) is 33.9 Å². The van der Waals surface area contributed by atoms with Crippen molar-refractivity contribution in [3.05, 3.63) is 61.6 Å². The normalized spacial score (nSPS) is 10.8. The molecule has 2 aromatic rings. The van der Waals surface area contributed by atoms with Gasteiger partial charge in [-0.3, -0.25) is 9.78 Å². The van der Waals surface area contributed by atoms with Crippen LogP contribution in [-0.4, -0.2) is 21.3 Å². The van der Waals surface area contributed by atoms with E-state index in [9.17, 15) is 14.0 Å². The molecule has 0 aliphatic carbocycles. The molecule has 0 saturated carbocycles. The molecule has 7 heteroatoms. The number of aromatic nitrogens is 2. The van der Waals surface area contributed by atoms with Gasteiger partial charge in [-0.25, -0.2) is 9.36 Å². The van der Waals surface area contributed by atoms with Gasteiger partial charge in [0.15, 0.2) is 5.15 Å². The van der Waals surface area contributed by atoms with Crippen molar-refractivity contribution in [3.63, 3.8) is 0 Å². The topological polar surface area (TPSA) is 75.1 Å². The van der Waals surface area contributed by atoms with E-state index in [1.165, 1.54) is 6.07 Å². The minimum Gasteiger partial charge on any atom is -0.396 e. The van der Waals surface area contributed by atoms with E-state index >= 15 is 0 Å². The number of hydrogen-bond donors (Lipinski definition) is 2. The smallest absolute Gasteiger partial charge is 0.334 e. The maximum absolute atomic E-state index is 13.5. The number of nitrogens with zero attached hydrogens (tertiary/aromatic N) is 1. The van der Waals surface area contributed by atoms with Crippen molar-refractivity contribution in [2.75, 3.05) is 6.61 Å². The van der Waals surface area contributed by atoms with Crippen LogP contribution in [0.3, 0.4) is 0 Å². The summed E-state index contributed by atoms with van der Waals surface area (Å²) in [5.41, 5.74) is -0.820. The average Bonchev–Trinajstić information content (AvgIpc) is 2.43. The van der Waals surface area contributed by atoms with Crippen LogP contribution in [0.4, 0.5) is 4.39 Å². The van der Waals surface area contributed by atoms with Crippen molar-refractivity contribution >= 4 is 11.6 Å². The van der Waals surface area contributed by atoms with Crippen molar-refractivity contribution < 1.29 is 9.50 Å². The van der Waals surface area contributed by atoms with E-state index in [1.807, 2.05) is 0 Å². The minimum absolute atomic E-state index is 0.0420. The summed E-state index contributed by atoms with van der Waals surface area (Å²) in [5.74, 6) is -1.20. The highest BCUT2D eigenvalue weighted by atomic mass is 35.5. The van der Waals surface area contributed by atoms with Crippen molar-refractivity contribution in [2.45, 2.75) is 12.8 Å². The largest absolute Gasteiger partial charge is 0.396 e. The average molecular weight is 299 g/mol. The Hall–Kier alpha value is -1.92. The third-order valence-corrected chi connectivity index (χ3v) is 3.06. The van der Waals surface area contributed by atoms with E-state index in [1.54, 1.807) is 18.2 Å². The van der Waals surface area contributed by atoms with Crippen molar-refractivity contribution in [2.24, 2.45) is 0 Å². The number of hydrogen-bond acceptors (Lipinski definition) is 3. The van der Waals surface area contributed by atoms with Gasteiger partial charge in [0.2, 0.25) is 5.82 Å². The Morgan fingerprint density at radius 2 is 2.10 bits per heavy atom. The predicted octanol–water partition coefficient (Wildman–Crippen LogP) is 1.24. The fraction of sp³-hybridized carbons (Fsp3) is 0.231. The molecule has 0 spiro atoms. The lowest BCUT2D eigenvalue weighted by Gasteiger charge is -2.07. The van der Waals surface area contributed by atoms with Gasteiger partial charge in [-0.15, -0.1) is 0 Å². The Kier molecular flexibility index (Phi) is 4.36. The molecule has 1 heterocycles. The number of halogens is 2. The van der Waals surface area contributed by atoms with Crippen molar-refractivity contribution in [1.29, 1.82) is 0 Å². The van der Waals surface area contributed by atoms with Crippen LogP contribution in [0.1, 0.15) is 12.0 Å². The predicted molar refractivity (Wildman–Crippen MR) is 73.0 cm³/mol. The molecule has 0 fully saturated rings. The maximum Gasteiger partial charge on any atom is 0.334 e. The van der Waals surface area contributed by atoms with E-state index < -0.39 is 22.2 Å². The van der Waals surface area contributed by atoms with E-state index in [0.29, 0.717) is 17.4 Å². The molecule has 0 aliphatic heterocycles. The molecule has 1 aromatic carbocycles. The number of aliphatic hydroxyl groups is 1. The summed E-state index contributed by atoms with van der Waals surface area (Å²) >= 11 is 5.41. The van der Waals surface area contributed by atoms with E-state index in [-0.39, 0.29) is 12.3 Å². The quantitative estimate of drug-likeness (QED) is 0.834. The Bertz CT molecular complexity index is 739. The Morgan fingerprint density at radius 1 is 1.35 bits per heavy atom. The number of benzene rings is 1. The zero-order valence-electron chi connectivity index (χ0n) is 10.4. The SMILES string of the molecule is O=c1[nH]c(Cl)c(F)c(=O)n1-c1cccc(CCCO)c1. The highest BCUT2D eigenvalue weighted by Gasteiger charge is 2.13. The zero-order valence-corrected chi connectivity index (χ0v) is 11.2. The first-order valence-corrected chi connectivity index (χ1v) is 6.33. The lowest BCUT2D eigenvalue weighted by Crippen LogP contribution is -2.35. The Morgan fingerprint density at radius 3 is 2.80 bits per heavy atom. The third kappa shape index (κ3) is 2.81. The number of aryl methyl sites for hydroxylation is 1. The van der Waals surface area contributed by atoms with Gasteiger partial charge in [0, 0.05) is 6.61 Å². The van der Waals surface area contributed by atoms with E-state index in [0.717, 1.165) is 5.56 Å². The van der Waals surface area contributed by atoms with E-state index in [2.05, 4.69) is 4.98 Å². The summed E-state index contributed by atoms with van der Waals surface area (Å²) in [4.78, 5) is 25.6. The maximum atomic E-state index is 13.5. The molecule has 0 unspecified atom stereocenters. The molecule has 2 rings (SSSR count). The molecular formula is C13H12ClFN2O3. The molecule has 5 nitrogen and oxygen atoms in total. The lowest BCUT2D eigenvalue weighted by molar-refractivity contribution is 0.288. The molecule has 0 radical (unpaired) electrons. The van der Waals surface area contributed by atoms with Gasteiger partial charge in [0.1, 0.15) is 0 Å². The van der Waals surface area contributed by atoms with Crippen LogP contribution in [-0.2, 0) is 6.42 Å². The summed E-state index contributed by atoms with van der Waals surface area (Å²) in [6.07, 6.45) is 1.15. The van der Waals surface area contributed by atoms with Crippen LogP contribution in [0.25, 0.3) is 5.69 Å². The molecule has 0 atom stereocenters. The summed E-state index contributed by atoms with van der Waals surface area (Å²) < 4.78 is 14.2. The number of aliphatic hydroxyl groups excluding tert-OH is 1. The van der Waals surface area contributed by atoms with Crippen molar-refractivity contribution in [3.8, 4) is 5.69 Å². The molecule has 106 valence electrons. The highest BCUT2D eigenvalue weighted by molar-refractivity contribution is 6.29. The van der Waals surface area contributed by atoms with Gasteiger partial charge >= 0.3 is 5.69 Å². The number of rotatable bonds is 4. The lowest BCUT2D eigenvalue weighted by atomic mass is 10.1. The van der Waals surface area contributed by atoms with Gasteiger partial charge < -0.3 is 5.11 Å². The van der Waals surface area contributed by atoms with Crippen LogP contribution in [0, 0.1) is 5.82 Å². The Labute approximate surface area is 118 Å². The number of H-pyrrole nitrogens is 1. The summed E-state index contributed by atoms with van der Waals surface area (Å²) in [7, 11) is 0. The standard InChI is InChI=1S/C13H12ClFN2O3/c14-11-10(15)12(19)17(13(20)16-11)9-5-1-3-8(7-9)4-2-6-18/h1,3,5,7,18H,2,4,6H2,(H,16,20). The van der Waals surface area contributed by atoms with Gasteiger partial charge in [-0.1, -0.05) is 23.7 Å². The highest BCUT2D eigenvalue weighted by Crippen LogP contribution is 2.10. The van der Waals surface area contributed by atoms with Crippen LogP contribution in [0.2, 0.25) is 5.15 Å². The second-order valence-electron chi connectivity index (χ2n) is 4.20. The second-order valence-corrected chi connectivity index (χ2v) is 4.57. The molecular weight excluding hydrogens is 287 g/mol. The molecule has 1 aromatic heterocycles. The molecule has 0 aliphatic rings. The van der Waals surface area contributed by atoms with Gasteiger partial charge in [0.25, 0.3) is 5.56 Å². The van der Waals surface area contributed by atoms with Gasteiger partial charge in [-0.05, 0) is 30.5 Å². The second kappa shape index (κ2) is 6.02. The number of aromatic amines is 1. The number of nitrogens with one attached hydrogen (secondary N) is 1. The molecule has 0 saturated heterocycles. The minimum atomic E-state index is -1.20. The van der Waals surface area contributed by atoms with E-state index in [4.69, 9.17) is 16.7 Å². The third-order valence-electron chi connectivity index (χ3n) is 2.80. The van der Waals surface area contributed by atoms with Crippen LogP contribution >= 0.6 is 11.6 Å². The molecule has 20 heavy (non-hydrogen) atoms. The van der Waals surface area contributed by atoms with Crippen molar-refractivity contribution in [1.82, 2.24) is 9.55 Å². The fourth-order valence-electron chi connectivity index (χ4n) is 1.86. The summed E-state index contributed by atoms with van der Waals surface area (Å²) in [5, 5.41) is 8.19. The first-order valence-electron chi connectivity index (χ1n) is 5.95.